The van der Waals surface area contributed by atoms with Crippen LogP contribution in [0.4, 0.5) is 0 Å². The summed E-state index contributed by atoms with van der Waals surface area (Å²) < 4.78 is 0. The normalized spacial score (nSPS) is 13.2. The number of rotatable bonds is 14. The third-order valence-electron chi connectivity index (χ3n) is 20.2. The summed E-state index contributed by atoms with van der Waals surface area (Å²) >= 11 is 0. The van der Waals surface area contributed by atoms with Gasteiger partial charge in [-0.05, 0) is 191 Å². The summed E-state index contributed by atoms with van der Waals surface area (Å²) in [5.41, 5.74) is 12.5. The SMILES string of the molecule is CC(=O)/C=C(/C)[O-].CC(=O)/C=C(/C)[O-].CC(C)(C)c1cc(CN(Cc2cc(C(C)(C)C)cc(C(C)(C)C)c2[O-])Cc2cc(C(C)(C)C)cc(C(C)(C)C)c2[O-])c([O-])c(C(C)(C)C)c1.CC(C)(C)c1cc(CN(Cc2cc(C(C)(C)C)cc(C(C)(C)C)c2[O-])Cc2cc(C(C)(C)C)cc(C(C)(C)C)c2[O-])c([O-])c(C(C)(C)C)c1.[V+4].[V+4]. The van der Waals surface area contributed by atoms with Gasteiger partial charge in [-0.2, -0.15) is 0 Å². The summed E-state index contributed by atoms with van der Waals surface area (Å²) in [5.74, 6) is -0.540. The number of allylic oxidation sites excluding steroid dienone is 4. The van der Waals surface area contributed by atoms with Crippen molar-refractivity contribution in [1.82, 2.24) is 9.80 Å². The zero-order valence-electron chi connectivity index (χ0n) is 78.2. The fourth-order valence-electron chi connectivity index (χ4n) is 13.1. The Labute approximate surface area is 716 Å². The summed E-state index contributed by atoms with van der Waals surface area (Å²) in [6, 6.07) is 24.8. The first-order chi connectivity index (χ1) is 49.9. The molecule has 0 atom stereocenters. The van der Waals surface area contributed by atoms with Crippen LogP contribution in [0, 0.1) is 0 Å². The van der Waals surface area contributed by atoms with Crippen LogP contribution in [0.15, 0.2) is 96.5 Å². The van der Waals surface area contributed by atoms with E-state index in [0.717, 1.165) is 78.9 Å². The molecular formula is C100H146N2O10V2. The van der Waals surface area contributed by atoms with Crippen LogP contribution in [0.25, 0.3) is 0 Å². The number of ketones is 2. The minimum absolute atomic E-state index is 0. The van der Waals surface area contributed by atoms with Crippen LogP contribution < -0.4 is 40.9 Å². The van der Waals surface area contributed by atoms with Crippen LogP contribution in [0.5, 0.6) is 34.5 Å². The molecule has 0 heterocycles. The second-order valence-electron chi connectivity index (χ2n) is 44.1. The maximum absolute atomic E-state index is 14.3. The van der Waals surface area contributed by atoms with Crippen molar-refractivity contribution in [2.24, 2.45) is 0 Å². The van der Waals surface area contributed by atoms with E-state index in [0.29, 0.717) is 72.6 Å². The van der Waals surface area contributed by atoms with Gasteiger partial charge >= 0.3 is 37.1 Å². The first-order valence-electron chi connectivity index (χ1n) is 40.1. The maximum atomic E-state index is 14.3. The van der Waals surface area contributed by atoms with Gasteiger partial charge in [0, 0.05) is 39.3 Å². The Morgan fingerprint density at radius 3 is 0.421 bits per heavy atom. The molecule has 0 unspecified atom stereocenters. The van der Waals surface area contributed by atoms with Crippen LogP contribution in [-0.4, -0.2) is 21.4 Å². The van der Waals surface area contributed by atoms with Gasteiger partial charge in [0.1, 0.15) is 0 Å². The Morgan fingerprint density at radius 1 is 0.237 bits per heavy atom. The standard InChI is InChI=1S/2C45H69NO3.2C5H8O2.2V/c2*1-40(2,3)31-19-28(37(47)34(22-31)43(10,11)12)25-46(26-29-20-32(41(4,5)6)23-35(38(29)48)44(13,14)15)27-30-21-33(42(7,8)9)24-36(39(30)49)45(16,17)18;2*1-4(6)3-5(2)7;;/h2*19-24,47-49H,25-27H2,1-18H3;2*3,6H,1-2H3;;/q;;;;2*+4/p-8/b;;2*4-3-;;. The monoisotopic (exact) mass is 1640 g/mol. The Kier molecular flexibility index (Phi) is 35.7. The summed E-state index contributed by atoms with van der Waals surface area (Å²) in [4.78, 5) is 24.3. The van der Waals surface area contributed by atoms with E-state index in [1.807, 2.05) is 0 Å². The number of hydrogen-bond donors (Lipinski definition) is 0. The van der Waals surface area contributed by atoms with Crippen LogP contribution in [0.3, 0.4) is 0 Å². The predicted octanol–water partition coefficient (Wildman–Crippen LogP) is 19.5. The zero-order valence-corrected chi connectivity index (χ0v) is 81.0. The minimum Gasteiger partial charge on any atom is -0.876 e. The average molecular weight is 1640 g/mol. The van der Waals surface area contributed by atoms with Crippen LogP contribution in [0.2, 0.25) is 0 Å². The number of benzene rings is 6. The molecule has 14 heteroatoms. The second-order valence-corrected chi connectivity index (χ2v) is 44.1. The first kappa shape index (κ1) is 106. The fourth-order valence-corrected chi connectivity index (χ4v) is 13.1. The minimum atomic E-state index is -0.340. The first-order valence-corrected chi connectivity index (χ1v) is 40.1. The summed E-state index contributed by atoms with van der Waals surface area (Å²) in [6.45, 7) is 84.0. The molecule has 114 heavy (non-hydrogen) atoms. The Balaban J connectivity index is 0.000000958. The molecule has 0 saturated heterocycles. The van der Waals surface area contributed by atoms with Crippen LogP contribution in [-0.2, 0) is 151 Å². The Morgan fingerprint density at radius 2 is 0.351 bits per heavy atom. The fraction of sp³-hybridized carbons (Fsp3) is 0.580. The summed E-state index contributed by atoms with van der Waals surface area (Å²) in [7, 11) is 0. The molecule has 0 aliphatic rings. The quantitative estimate of drug-likeness (QED) is 0.0733. The molecule has 0 spiro atoms. The molecule has 0 aliphatic heterocycles. The van der Waals surface area contributed by atoms with Gasteiger partial charge in [0.05, 0.1) is 0 Å². The molecule has 12 nitrogen and oxygen atoms in total. The van der Waals surface area contributed by atoms with Crippen molar-refractivity contribution < 1.29 is 87.6 Å². The molecule has 6 aromatic carbocycles. The van der Waals surface area contributed by atoms with Gasteiger partial charge in [-0.1, -0.05) is 336 Å². The third-order valence-corrected chi connectivity index (χ3v) is 20.2. The van der Waals surface area contributed by atoms with Crippen molar-refractivity contribution in [3.8, 4) is 34.5 Å². The predicted molar refractivity (Wildman–Crippen MR) is 455 cm³/mol. The van der Waals surface area contributed by atoms with E-state index < -0.39 is 0 Å². The van der Waals surface area contributed by atoms with E-state index in [1.165, 1.54) is 27.7 Å². The van der Waals surface area contributed by atoms with Crippen molar-refractivity contribution in [3.05, 3.63) is 197 Å². The molecular weight excluding hydrogens is 1490 g/mol. The van der Waals surface area contributed by atoms with Crippen molar-refractivity contribution in [2.75, 3.05) is 0 Å². The van der Waals surface area contributed by atoms with Crippen molar-refractivity contribution in [3.63, 3.8) is 0 Å². The van der Waals surface area contributed by atoms with Gasteiger partial charge in [0.2, 0.25) is 0 Å². The Bertz CT molecular complexity index is 3670. The van der Waals surface area contributed by atoms with E-state index in [1.54, 1.807) is 0 Å². The Hall–Kier alpha value is -6.37. The molecule has 0 bridgehead atoms. The molecule has 0 amide bonds. The topological polar surface area (TPSA) is 225 Å². The molecule has 0 aromatic heterocycles. The van der Waals surface area contributed by atoms with Gasteiger partial charge in [0.25, 0.3) is 0 Å². The van der Waals surface area contributed by atoms with Gasteiger partial charge in [-0.15, -0.1) is 46.0 Å². The van der Waals surface area contributed by atoms with Gasteiger partial charge in [-0.25, -0.2) is 0 Å². The van der Waals surface area contributed by atoms with E-state index >= 15 is 0 Å². The van der Waals surface area contributed by atoms with E-state index in [-0.39, 0.29) is 160 Å². The molecule has 0 N–H and O–H groups in total. The van der Waals surface area contributed by atoms with E-state index in [2.05, 4.69) is 332 Å². The molecule has 6 aromatic rings. The van der Waals surface area contributed by atoms with Crippen LogP contribution >= 0.6 is 0 Å². The van der Waals surface area contributed by atoms with Crippen molar-refractivity contribution in [1.29, 1.82) is 0 Å². The maximum Gasteiger partial charge on any atom is 4.00 e. The molecule has 0 fully saturated rings. The van der Waals surface area contributed by atoms with Gasteiger partial charge in [0.15, 0.2) is 11.6 Å². The molecule has 0 aliphatic carbocycles. The summed E-state index contributed by atoms with van der Waals surface area (Å²) in [5, 5.41) is 106. The summed E-state index contributed by atoms with van der Waals surface area (Å²) in [6.07, 6.45) is 2.11. The van der Waals surface area contributed by atoms with Gasteiger partial charge < -0.3 is 40.9 Å². The van der Waals surface area contributed by atoms with E-state index in [9.17, 15) is 50.4 Å². The molecule has 2 radical (unpaired) electrons. The van der Waals surface area contributed by atoms with Crippen molar-refractivity contribution in [2.45, 2.75) is 381 Å². The van der Waals surface area contributed by atoms with Crippen LogP contribution in [0.1, 0.15) is 377 Å². The zero-order chi connectivity index (χ0) is 87.5. The third kappa shape index (κ3) is 30.8. The average Bonchev–Trinajstić information content (AvgIpc) is 0.777. The van der Waals surface area contributed by atoms with Gasteiger partial charge in [-0.3, -0.25) is 19.4 Å². The number of carbonyl (C=O) groups excluding carboxylic acids is 2. The number of carbonyl (C=O) groups is 2. The molecule has 0 saturated carbocycles. The molecule has 6 rings (SSSR count). The molecule has 626 valence electrons. The van der Waals surface area contributed by atoms with E-state index in [4.69, 9.17) is 0 Å². The number of nitrogens with zero attached hydrogens (tertiary/aromatic N) is 2. The number of hydrogen-bond acceptors (Lipinski definition) is 12. The second kappa shape index (κ2) is 38.6. The van der Waals surface area contributed by atoms with Crippen molar-refractivity contribution >= 4 is 11.6 Å². The smallest absolute Gasteiger partial charge is 0.876 e. The largest absolute Gasteiger partial charge is 4.00 e.